The molecule has 7 heteroatoms. The van der Waals surface area contributed by atoms with Crippen molar-refractivity contribution in [2.75, 3.05) is 43.1 Å². The maximum absolute atomic E-state index is 12.2. The third-order valence-corrected chi connectivity index (χ3v) is 5.46. The van der Waals surface area contributed by atoms with E-state index in [9.17, 15) is 4.79 Å². The second kappa shape index (κ2) is 7.32. The molecule has 0 bridgehead atoms. The van der Waals surface area contributed by atoms with Gasteiger partial charge in [-0.2, -0.15) is 0 Å². The molecule has 7 nitrogen and oxygen atoms in total. The number of hydrogen-bond donors (Lipinski definition) is 1. The van der Waals surface area contributed by atoms with Crippen LogP contribution in [0.25, 0.3) is 0 Å². The second-order valence-corrected chi connectivity index (χ2v) is 7.60. The van der Waals surface area contributed by atoms with Gasteiger partial charge in [0, 0.05) is 38.9 Å². The van der Waals surface area contributed by atoms with Crippen LogP contribution in [-0.4, -0.2) is 59.4 Å². The van der Waals surface area contributed by atoms with Gasteiger partial charge >= 0.3 is 0 Å². The van der Waals surface area contributed by atoms with Crippen LogP contribution in [0.2, 0.25) is 0 Å². The summed E-state index contributed by atoms with van der Waals surface area (Å²) in [6, 6.07) is 6.90. The molecule has 2 aromatic rings. The number of hydrogen-bond acceptors (Lipinski definition) is 6. The average Bonchev–Trinajstić information content (AvgIpc) is 2.59. The lowest BCUT2D eigenvalue weighted by atomic mass is 10.1. The zero-order chi connectivity index (χ0) is 19.0. The highest BCUT2D eigenvalue weighted by atomic mass is 16.5. The predicted molar refractivity (Wildman–Crippen MR) is 107 cm³/mol. The Morgan fingerprint density at radius 3 is 2.70 bits per heavy atom. The third-order valence-electron chi connectivity index (χ3n) is 5.46. The molecular weight excluding hydrogens is 342 g/mol. The molecule has 0 amide bonds. The molecule has 2 aliphatic heterocycles. The van der Waals surface area contributed by atoms with E-state index >= 15 is 0 Å². The van der Waals surface area contributed by atoms with E-state index in [1.165, 1.54) is 0 Å². The van der Waals surface area contributed by atoms with E-state index in [0.29, 0.717) is 23.6 Å². The summed E-state index contributed by atoms with van der Waals surface area (Å²) < 4.78 is 6.91. The molecule has 0 aliphatic carbocycles. The van der Waals surface area contributed by atoms with Crippen LogP contribution in [0.1, 0.15) is 12.5 Å². The number of anilines is 3. The molecule has 2 aliphatic rings. The van der Waals surface area contributed by atoms with Gasteiger partial charge in [0.05, 0.1) is 31.1 Å². The van der Waals surface area contributed by atoms with E-state index in [1.54, 1.807) is 11.6 Å². The van der Waals surface area contributed by atoms with Gasteiger partial charge < -0.3 is 19.5 Å². The average molecular weight is 369 g/mol. The van der Waals surface area contributed by atoms with Crippen LogP contribution in [0.4, 0.5) is 17.2 Å². The van der Waals surface area contributed by atoms with Crippen LogP contribution < -0.4 is 15.8 Å². The van der Waals surface area contributed by atoms with Crippen molar-refractivity contribution in [3.05, 3.63) is 46.5 Å². The Balaban J connectivity index is 1.44. The normalized spacial score (nSPS) is 21.1. The van der Waals surface area contributed by atoms with Gasteiger partial charge in [-0.1, -0.05) is 0 Å². The molecule has 2 fully saturated rings. The largest absolute Gasteiger partial charge is 0.378 e. The summed E-state index contributed by atoms with van der Waals surface area (Å²) in [5, 5.41) is 3.15. The van der Waals surface area contributed by atoms with Crippen LogP contribution >= 0.6 is 0 Å². The molecule has 27 heavy (non-hydrogen) atoms. The monoisotopic (exact) mass is 369 g/mol. The Hall–Kier alpha value is -2.38. The smallest absolute Gasteiger partial charge is 0.274 e. The maximum Gasteiger partial charge on any atom is 0.274 e. The van der Waals surface area contributed by atoms with Gasteiger partial charge in [-0.05, 0) is 37.6 Å². The van der Waals surface area contributed by atoms with E-state index in [1.807, 2.05) is 31.5 Å². The van der Waals surface area contributed by atoms with E-state index in [0.717, 1.165) is 44.1 Å². The molecule has 4 heterocycles. The SMILES string of the molecule is Cc1cc(Nc2ccc(N3CCN(C4COC4)C[C@@H]3C)cn2)c(=O)n(C)c1. The second-order valence-electron chi connectivity index (χ2n) is 7.60. The summed E-state index contributed by atoms with van der Waals surface area (Å²) in [5.41, 5.74) is 2.63. The Morgan fingerprint density at radius 1 is 1.26 bits per heavy atom. The van der Waals surface area contributed by atoms with Gasteiger partial charge in [-0.3, -0.25) is 9.69 Å². The zero-order valence-corrected chi connectivity index (χ0v) is 16.2. The first-order chi connectivity index (χ1) is 13.0. The molecule has 0 spiro atoms. The highest BCUT2D eigenvalue weighted by Crippen LogP contribution is 2.24. The number of aryl methyl sites for hydroxylation is 2. The number of aromatic nitrogens is 2. The van der Waals surface area contributed by atoms with Crippen molar-refractivity contribution < 1.29 is 4.74 Å². The number of nitrogens with one attached hydrogen (secondary N) is 1. The summed E-state index contributed by atoms with van der Waals surface area (Å²) in [4.78, 5) is 21.7. The Bertz CT molecular complexity index is 860. The Morgan fingerprint density at radius 2 is 2.07 bits per heavy atom. The predicted octanol–water partition coefficient (Wildman–Crippen LogP) is 1.74. The summed E-state index contributed by atoms with van der Waals surface area (Å²) in [5.74, 6) is 0.680. The zero-order valence-electron chi connectivity index (χ0n) is 16.2. The number of rotatable bonds is 4. The minimum Gasteiger partial charge on any atom is -0.378 e. The molecule has 2 saturated heterocycles. The van der Waals surface area contributed by atoms with E-state index in [2.05, 4.69) is 33.1 Å². The van der Waals surface area contributed by atoms with Gasteiger partial charge in [0.1, 0.15) is 11.5 Å². The summed E-state index contributed by atoms with van der Waals surface area (Å²) in [7, 11) is 1.76. The van der Waals surface area contributed by atoms with Crippen molar-refractivity contribution in [3.63, 3.8) is 0 Å². The van der Waals surface area contributed by atoms with Crippen molar-refractivity contribution in [3.8, 4) is 0 Å². The van der Waals surface area contributed by atoms with Gasteiger partial charge in [-0.15, -0.1) is 0 Å². The molecule has 0 unspecified atom stereocenters. The standard InChI is InChI=1S/C20H27N5O2/c1-14-8-18(20(26)23(3)10-14)22-19-5-4-16(9-21-19)25-7-6-24(11-15(25)2)17-12-27-13-17/h4-5,8-10,15,17H,6-7,11-13H2,1-3H3,(H,21,22)/t15-/m0/s1. The number of ether oxygens (including phenoxy) is 1. The topological polar surface area (TPSA) is 62.6 Å². The molecule has 0 radical (unpaired) electrons. The van der Waals surface area contributed by atoms with Crippen molar-refractivity contribution in [1.29, 1.82) is 0 Å². The fourth-order valence-corrected chi connectivity index (χ4v) is 3.87. The molecule has 0 aromatic carbocycles. The van der Waals surface area contributed by atoms with Gasteiger partial charge in [-0.25, -0.2) is 4.98 Å². The first kappa shape index (κ1) is 18.0. The quantitative estimate of drug-likeness (QED) is 0.886. The summed E-state index contributed by atoms with van der Waals surface area (Å²) >= 11 is 0. The molecule has 0 saturated carbocycles. The van der Waals surface area contributed by atoms with Crippen LogP contribution in [0, 0.1) is 6.92 Å². The van der Waals surface area contributed by atoms with E-state index in [4.69, 9.17) is 4.74 Å². The minimum atomic E-state index is -0.0591. The van der Waals surface area contributed by atoms with Gasteiger partial charge in [0.2, 0.25) is 0 Å². The molecule has 1 atom stereocenters. The first-order valence-corrected chi connectivity index (χ1v) is 9.50. The van der Waals surface area contributed by atoms with Crippen LogP contribution in [0.3, 0.4) is 0 Å². The number of pyridine rings is 2. The van der Waals surface area contributed by atoms with Gasteiger partial charge in [0.25, 0.3) is 5.56 Å². The third kappa shape index (κ3) is 3.70. The van der Waals surface area contributed by atoms with Crippen molar-refractivity contribution in [2.24, 2.45) is 7.05 Å². The van der Waals surface area contributed by atoms with Gasteiger partial charge in [0.15, 0.2) is 0 Å². The lowest BCUT2D eigenvalue weighted by molar-refractivity contribution is -0.0691. The lowest BCUT2D eigenvalue weighted by Crippen LogP contribution is -2.59. The van der Waals surface area contributed by atoms with Crippen molar-refractivity contribution >= 4 is 17.2 Å². The lowest BCUT2D eigenvalue weighted by Gasteiger charge is -2.46. The number of nitrogens with zero attached hydrogens (tertiary/aromatic N) is 4. The van der Waals surface area contributed by atoms with Crippen molar-refractivity contribution in [1.82, 2.24) is 14.5 Å². The summed E-state index contributed by atoms with van der Waals surface area (Å²) in [6.07, 6.45) is 3.71. The fraction of sp³-hybridized carbons (Fsp3) is 0.500. The summed E-state index contributed by atoms with van der Waals surface area (Å²) in [6.45, 7) is 9.06. The molecule has 1 N–H and O–H groups in total. The van der Waals surface area contributed by atoms with Crippen LogP contribution in [0.15, 0.2) is 35.4 Å². The Labute approximate surface area is 159 Å². The molecule has 4 rings (SSSR count). The van der Waals surface area contributed by atoms with Crippen LogP contribution in [-0.2, 0) is 11.8 Å². The molecular formula is C20H27N5O2. The number of piperazine rings is 1. The maximum atomic E-state index is 12.2. The van der Waals surface area contributed by atoms with Crippen LogP contribution in [0.5, 0.6) is 0 Å². The fourth-order valence-electron chi connectivity index (χ4n) is 3.87. The highest BCUT2D eigenvalue weighted by molar-refractivity contribution is 5.58. The molecule has 144 valence electrons. The highest BCUT2D eigenvalue weighted by Gasteiger charge is 2.32. The van der Waals surface area contributed by atoms with E-state index < -0.39 is 0 Å². The first-order valence-electron chi connectivity index (χ1n) is 9.50. The Kier molecular flexibility index (Phi) is 4.88. The molecule has 2 aromatic heterocycles. The minimum absolute atomic E-state index is 0.0591. The van der Waals surface area contributed by atoms with Crippen molar-refractivity contribution in [2.45, 2.75) is 25.9 Å². The van der Waals surface area contributed by atoms with E-state index in [-0.39, 0.29) is 5.56 Å².